The predicted octanol–water partition coefficient (Wildman–Crippen LogP) is 3.30. The number of benzene rings is 2. The fourth-order valence-electron chi connectivity index (χ4n) is 3.94. The Balaban J connectivity index is 0.000000389. The van der Waals surface area contributed by atoms with Gasteiger partial charge in [-0.1, -0.05) is 41.6 Å². The molecule has 0 amide bonds. The van der Waals surface area contributed by atoms with Crippen molar-refractivity contribution in [3.8, 4) is 0 Å². The highest BCUT2D eigenvalue weighted by Gasteiger charge is 2.30. The molecule has 1 unspecified atom stereocenters. The van der Waals surface area contributed by atoms with Crippen molar-refractivity contribution in [1.29, 1.82) is 0 Å². The molecule has 200 valence electrons. The van der Waals surface area contributed by atoms with E-state index in [0.717, 1.165) is 50.5 Å². The van der Waals surface area contributed by atoms with Crippen molar-refractivity contribution in [3.05, 3.63) is 58.6 Å². The lowest BCUT2D eigenvalue weighted by atomic mass is 9.96. The SMILES string of the molecule is CS(=O)(=O)O.CS(=O)(=O)O.O=CCCN1CCN(C2Cc3ccccc3Sc3ccc(Cl)cc32)CC1. The van der Waals surface area contributed by atoms with Gasteiger partial charge in [0.15, 0.2) is 0 Å². The maximum atomic E-state index is 10.6. The number of nitrogens with zero attached hydrogens (tertiary/aromatic N) is 2. The van der Waals surface area contributed by atoms with Gasteiger partial charge in [-0.3, -0.25) is 14.0 Å². The van der Waals surface area contributed by atoms with Gasteiger partial charge in [-0.25, -0.2) is 0 Å². The Morgan fingerprint density at radius 1 is 0.972 bits per heavy atom. The fraction of sp³-hybridized carbons (Fsp3) is 0.435. The van der Waals surface area contributed by atoms with Gasteiger partial charge in [0.25, 0.3) is 20.2 Å². The summed E-state index contributed by atoms with van der Waals surface area (Å²) in [4.78, 5) is 18.3. The molecule has 4 rings (SSSR count). The number of carbonyl (C=O) groups is 1. The van der Waals surface area contributed by atoms with Crippen LogP contribution in [0.2, 0.25) is 5.02 Å². The van der Waals surface area contributed by atoms with E-state index in [0.29, 0.717) is 25.0 Å². The minimum atomic E-state index is -3.67. The minimum Gasteiger partial charge on any atom is -0.303 e. The number of hydrogen-bond donors (Lipinski definition) is 2. The Morgan fingerprint density at radius 3 is 2.14 bits per heavy atom. The van der Waals surface area contributed by atoms with Crippen LogP contribution in [0.3, 0.4) is 0 Å². The van der Waals surface area contributed by atoms with Crippen LogP contribution in [-0.2, 0) is 31.5 Å². The molecule has 2 aromatic rings. The summed E-state index contributed by atoms with van der Waals surface area (Å²) in [6.45, 7) is 4.98. The van der Waals surface area contributed by atoms with Gasteiger partial charge >= 0.3 is 0 Å². The number of carbonyl (C=O) groups excluding carboxylic acids is 1. The van der Waals surface area contributed by atoms with E-state index in [-0.39, 0.29) is 0 Å². The molecule has 0 aromatic heterocycles. The van der Waals surface area contributed by atoms with E-state index in [1.807, 2.05) is 17.8 Å². The van der Waals surface area contributed by atoms with Crippen LogP contribution in [0.25, 0.3) is 0 Å². The summed E-state index contributed by atoms with van der Waals surface area (Å²) in [7, 11) is -7.33. The number of fused-ring (bicyclic) bond motifs is 2. The molecule has 0 spiro atoms. The molecular formula is C23H31ClN2O7S3. The quantitative estimate of drug-likeness (QED) is 0.411. The predicted molar refractivity (Wildman–Crippen MR) is 142 cm³/mol. The molecule has 9 nitrogen and oxygen atoms in total. The van der Waals surface area contributed by atoms with E-state index in [2.05, 4.69) is 46.2 Å². The highest BCUT2D eigenvalue weighted by Crippen LogP contribution is 2.43. The van der Waals surface area contributed by atoms with Gasteiger partial charge in [-0.05, 0) is 41.8 Å². The topological polar surface area (TPSA) is 132 Å². The average Bonchev–Trinajstić information content (AvgIpc) is 2.92. The van der Waals surface area contributed by atoms with E-state index in [1.165, 1.54) is 20.9 Å². The lowest BCUT2D eigenvalue weighted by Gasteiger charge is -2.39. The van der Waals surface area contributed by atoms with E-state index in [4.69, 9.17) is 20.7 Å². The molecule has 2 aliphatic rings. The zero-order valence-electron chi connectivity index (χ0n) is 20.1. The highest BCUT2D eigenvalue weighted by molar-refractivity contribution is 7.99. The zero-order chi connectivity index (χ0) is 26.9. The Bertz CT molecular complexity index is 1190. The monoisotopic (exact) mass is 578 g/mol. The smallest absolute Gasteiger partial charge is 0.261 e. The normalized spacial score (nSPS) is 18.3. The van der Waals surface area contributed by atoms with Crippen LogP contribution in [0.15, 0.2) is 52.3 Å². The largest absolute Gasteiger partial charge is 0.303 e. The van der Waals surface area contributed by atoms with Crippen LogP contribution < -0.4 is 0 Å². The fourth-order valence-corrected chi connectivity index (χ4v) is 5.24. The van der Waals surface area contributed by atoms with Crippen LogP contribution in [-0.4, -0.2) is 87.3 Å². The van der Waals surface area contributed by atoms with Gasteiger partial charge in [0.2, 0.25) is 0 Å². The third-order valence-electron chi connectivity index (χ3n) is 5.35. The molecule has 1 saturated heterocycles. The summed E-state index contributed by atoms with van der Waals surface area (Å²) in [5.41, 5.74) is 2.76. The van der Waals surface area contributed by atoms with E-state index >= 15 is 0 Å². The lowest BCUT2D eigenvalue weighted by molar-refractivity contribution is -0.108. The first-order chi connectivity index (χ1) is 16.7. The number of halogens is 1. The van der Waals surface area contributed by atoms with Crippen molar-refractivity contribution in [1.82, 2.24) is 9.80 Å². The third kappa shape index (κ3) is 11.7. The molecule has 36 heavy (non-hydrogen) atoms. The van der Waals surface area contributed by atoms with Gasteiger partial charge in [-0.15, -0.1) is 0 Å². The highest BCUT2D eigenvalue weighted by atomic mass is 35.5. The molecule has 1 atom stereocenters. The van der Waals surface area contributed by atoms with Gasteiger partial charge in [-0.2, -0.15) is 16.8 Å². The van der Waals surface area contributed by atoms with Crippen LogP contribution in [0.1, 0.15) is 23.6 Å². The van der Waals surface area contributed by atoms with Crippen molar-refractivity contribution < 1.29 is 30.7 Å². The number of piperazine rings is 1. The maximum Gasteiger partial charge on any atom is 0.261 e. The molecule has 2 N–H and O–H groups in total. The van der Waals surface area contributed by atoms with Crippen LogP contribution in [0, 0.1) is 0 Å². The molecule has 13 heteroatoms. The van der Waals surface area contributed by atoms with E-state index < -0.39 is 20.2 Å². The summed E-state index contributed by atoms with van der Waals surface area (Å²) in [6.07, 6.45) is 4.10. The summed E-state index contributed by atoms with van der Waals surface area (Å²) >= 11 is 8.21. The van der Waals surface area contributed by atoms with Crippen molar-refractivity contribution in [3.63, 3.8) is 0 Å². The van der Waals surface area contributed by atoms with E-state index in [9.17, 15) is 21.6 Å². The average molecular weight is 579 g/mol. The first kappa shape index (κ1) is 30.7. The second-order valence-electron chi connectivity index (χ2n) is 8.41. The van der Waals surface area contributed by atoms with Crippen LogP contribution in [0.5, 0.6) is 0 Å². The molecule has 2 aromatic carbocycles. The molecule has 0 bridgehead atoms. The molecule has 0 radical (unpaired) electrons. The van der Waals surface area contributed by atoms with Gasteiger partial charge in [0, 0.05) is 60.0 Å². The van der Waals surface area contributed by atoms with Gasteiger partial charge in [0.05, 0.1) is 12.5 Å². The Morgan fingerprint density at radius 2 is 1.56 bits per heavy atom. The number of aldehydes is 1. The van der Waals surface area contributed by atoms with E-state index in [1.54, 1.807) is 0 Å². The number of rotatable bonds is 4. The third-order valence-corrected chi connectivity index (χ3v) is 6.79. The van der Waals surface area contributed by atoms with Gasteiger partial charge < -0.3 is 9.69 Å². The first-order valence-electron chi connectivity index (χ1n) is 11.0. The number of hydrogen-bond acceptors (Lipinski definition) is 8. The molecule has 2 heterocycles. The second kappa shape index (κ2) is 13.9. The summed E-state index contributed by atoms with van der Waals surface area (Å²) < 4.78 is 51.7. The lowest BCUT2D eigenvalue weighted by Crippen LogP contribution is -2.48. The molecule has 0 saturated carbocycles. The minimum absolute atomic E-state index is 0.355. The molecule has 2 aliphatic heterocycles. The maximum absolute atomic E-state index is 10.6. The molecule has 0 aliphatic carbocycles. The van der Waals surface area contributed by atoms with Crippen molar-refractivity contribution in [2.24, 2.45) is 0 Å². The van der Waals surface area contributed by atoms with Crippen LogP contribution in [0.4, 0.5) is 0 Å². The second-order valence-corrected chi connectivity index (χ2v) is 12.9. The van der Waals surface area contributed by atoms with Crippen LogP contribution >= 0.6 is 23.4 Å². The Labute approximate surface area is 222 Å². The Hall–Kier alpha value is -1.51. The molecule has 1 fully saturated rings. The van der Waals surface area contributed by atoms with Crippen molar-refractivity contribution in [2.45, 2.75) is 28.7 Å². The summed E-state index contributed by atoms with van der Waals surface area (Å²) in [5, 5.41) is 0.810. The standard InChI is InChI=1S/C21H23ClN2OS.2CH4O3S/c22-17-6-7-21-18(15-17)19(14-16-4-1-2-5-20(16)26-21)24-11-9-23(10-12-24)8-3-13-25;2*1-5(2,3)4/h1-2,4-7,13,15,19H,3,8-12,14H2;2*1H3,(H,2,3,4). The first-order valence-corrected chi connectivity index (χ1v) is 15.9. The van der Waals surface area contributed by atoms with Crippen molar-refractivity contribution in [2.75, 3.05) is 45.2 Å². The van der Waals surface area contributed by atoms with Gasteiger partial charge in [0.1, 0.15) is 6.29 Å². The summed E-state index contributed by atoms with van der Waals surface area (Å²) in [6, 6.07) is 15.4. The molecular weight excluding hydrogens is 548 g/mol. The van der Waals surface area contributed by atoms with Crippen molar-refractivity contribution >= 4 is 49.9 Å². The Kier molecular flexibility index (Phi) is 11.8. The zero-order valence-corrected chi connectivity index (χ0v) is 23.3. The summed E-state index contributed by atoms with van der Waals surface area (Å²) in [5.74, 6) is 0.